The third-order valence-corrected chi connectivity index (χ3v) is 3.86. The lowest BCUT2D eigenvalue weighted by Gasteiger charge is -2.11. The van der Waals surface area contributed by atoms with Gasteiger partial charge in [0, 0.05) is 25.4 Å². The van der Waals surface area contributed by atoms with E-state index in [1.807, 2.05) is 18.3 Å². The van der Waals surface area contributed by atoms with Gasteiger partial charge in [0.25, 0.3) is 0 Å². The average Bonchev–Trinajstić information content (AvgIpc) is 2.43. The van der Waals surface area contributed by atoms with Gasteiger partial charge in [-0.25, -0.2) is 9.97 Å². The summed E-state index contributed by atoms with van der Waals surface area (Å²) in [7, 11) is 0. The summed E-state index contributed by atoms with van der Waals surface area (Å²) in [5.41, 5.74) is 2.23. The number of anilines is 1. The molecular weight excluding hydrogens is 351 g/mol. The van der Waals surface area contributed by atoms with E-state index in [1.165, 1.54) is 0 Å². The second kappa shape index (κ2) is 6.79. The molecule has 0 saturated carbocycles. The number of hydrogen-bond acceptors (Lipinski definition) is 4. The molecule has 0 unspecified atom stereocenters. The van der Waals surface area contributed by atoms with Crippen LogP contribution in [0.3, 0.4) is 0 Å². The molecule has 0 fully saturated rings. The van der Waals surface area contributed by atoms with Gasteiger partial charge in [-0.2, -0.15) is 0 Å². The minimum absolute atomic E-state index is 0.718. The molecule has 0 bridgehead atoms. The fourth-order valence-corrected chi connectivity index (χ4v) is 2.64. The Morgan fingerprint density at radius 2 is 2.11 bits per heavy atom. The number of nitrogens with zero attached hydrogens (tertiary/aromatic N) is 3. The first-order valence-electron chi connectivity index (χ1n) is 6.42. The number of pyridine rings is 1. The van der Waals surface area contributed by atoms with Crippen molar-refractivity contribution in [2.24, 2.45) is 0 Å². The lowest BCUT2D eigenvalue weighted by atomic mass is 10.2. The molecule has 2 aromatic rings. The van der Waals surface area contributed by atoms with E-state index in [9.17, 15) is 0 Å². The van der Waals surface area contributed by atoms with Crippen molar-refractivity contribution >= 4 is 28.4 Å². The fraction of sp³-hybridized carbons (Fsp3) is 0.357. The van der Waals surface area contributed by atoms with Gasteiger partial charge in [-0.1, -0.05) is 13.0 Å². The van der Waals surface area contributed by atoms with Crippen molar-refractivity contribution in [1.82, 2.24) is 15.0 Å². The molecular formula is C14H17IN4. The molecule has 19 heavy (non-hydrogen) atoms. The molecule has 100 valence electrons. The van der Waals surface area contributed by atoms with Gasteiger partial charge in [0.05, 0.1) is 9.26 Å². The second-order valence-electron chi connectivity index (χ2n) is 4.17. The van der Waals surface area contributed by atoms with Crippen LogP contribution < -0.4 is 5.32 Å². The summed E-state index contributed by atoms with van der Waals surface area (Å²) in [6.45, 7) is 5.06. The first-order chi connectivity index (χ1) is 9.24. The topological polar surface area (TPSA) is 50.7 Å². The van der Waals surface area contributed by atoms with Gasteiger partial charge in [-0.05, 0) is 47.6 Å². The maximum absolute atomic E-state index is 4.64. The first kappa shape index (κ1) is 14.2. The molecule has 2 aromatic heterocycles. The van der Waals surface area contributed by atoms with Crippen molar-refractivity contribution < 1.29 is 0 Å². The SMILES string of the molecule is CCNc1nc(Cc2cccnc2)nc(CC)c1I. The smallest absolute Gasteiger partial charge is 0.143 e. The fourth-order valence-electron chi connectivity index (χ4n) is 1.83. The normalized spacial score (nSPS) is 10.5. The number of aryl methyl sites for hydroxylation is 1. The Kier molecular flexibility index (Phi) is 5.07. The summed E-state index contributed by atoms with van der Waals surface area (Å²) in [6.07, 6.45) is 5.27. The van der Waals surface area contributed by atoms with Crippen molar-refractivity contribution in [2.75, 3.05) is 11.9 Å². The van der Waals surface area contributed by atoms with E-state index in [4.69, 9.17) is 0 Å². The highest BCUT2D eigenvalue weighted by atomic mass is 127. The van der Waals surface area contributed by atoms with Gasteiger partial charge in [0.15, 0.2) is 0 Å². The molecule has 0 aliphatic heterocycles. The van der Waals surface area contributed by atoms with Gasteiger partial charge < -0.3 is 5.32 Å². The zero-order valence-electron chi connectivity index (χ0n) is 11.2. The van der Waals surface area contributed by atoms with E-state index in [0.717, 1.165) is 45.9 Å². The highest BCUT2D eigenvalue weighted by Crippen LogP contribution is 2.20. The number of rotatable bonds is 5. The Morgan fingerprint density at radius 3 is 2.74 bits per heavy atom. The predicted molar refractivity (Wildman–Crippen MR) is 85.3 cm³/mol. The minimum atomic E-state index is 0.718. The molecule has 0 amide bonds. The summed E-state index contributed by atoms with van der Waals surface area (Å²) in [5.74, 6) is 1.79. The summed E-state index contributed by atoms with van der Waals surface area (Å²) in [6, 6.07) is 3.99. The summed E-state index contributed by atoms with van der Waals surface area (Å²) in [4.78, 5) is 13.4. The van der Waals surface area contributed by atoms with Gasteiger partial charge >= 0.3 is 0 Å². The summed E-state index contributed by atoms with van der Waals surface area (Å²) < 4.78 is 1.12. The van der Waals surface area contributed by atoms with Crippen LogP contribution in [0.1, 0.15) is 30.9 Å². The van der Waals surface area contributed by atoms with Crippen LogP contribution in [0.25, 0.3) is 0 Å². The van der Waals surface area contributed by atoms with Crippen LogP contribution >= 0.6 is 22.6 Å². The van der Waals surface area contributed by atoms with Crippen molar-refractivity contribution in [1.29, 1.82) is 0 Å². The number of aromatic nitrogens is 3. The molecule has 2 heterocycles. The molecule has 0 aromatic carbocycles. The van der Waals surface area contributed by atoms with Crippen molar-refractivity contribution in [3.8, 4) is 0 Å². The van der Waals surface area contributed by atoms with Gasteiger partial charge in [-0.3, -0.25) is 4.98 Å². The van der Waals surface area contributed by atoms with E-state index in [0.29, 0.717) is 0 Å². The van der Waals surface area contributed by atoms with Gasteiger partial charge in [-0.15, -0.1) is 0 Å². The molecule has 0 radical (unpaired) electrons. The van der Waals surface area contributed by atoms with Crippen LogP contribution in [0.15, 0.2) is 24.5 Å². The Balaban J connectivity index is 2.32. The number of hydrogen-bond donors (Lipinski definition) is 1. The van der Waals surface area contributed by atoms with Gasteiger partial charge in [0.1, 0.15) is 11.6 Å². The standard InChI is InChI=1S/C14H17IN4/c1-3-11-13(15)14(17-4-2)19-12(18-11)8-10-6-5-7-16-9-10/h5-7,9H,3-4,8H2,1-2H3,(H,17,18,19). The number of halogens is 1. The molecule has 0 atom stereocenters. The van der Waals surface area contributed by atoms with Crippen molar-refractivity contribution in [3.63, 3.8) is 0 Å². The van der Waals surface area contributed by atoms with E-state index >= 15 is 0 Å². The Hall–Kier alpha value is -1.24. The molecule has 0 aliphatic rings. The van der Waals surface area contributed by atoms with E-state index in [1.54, 1.807) is 6.20 Å². The molecule has 0 saturated heterocycles. The Bertz CT molecular complexity index is 543. The van der Waals surface area contributed by atoms with Crippen LogP contribution in [-0.4, -0.2) is 21.5 Å². The van der Waals surface area contributed by atoms with E-state index < -0.39 is 0 Å². The van der Waals surface area contributed by atoms with E-state index in [2.05, 4.69) is 56.7 Å². The van der Waals surface area contributed by atoms with Crippen LogP contribution in [-0.2, 0) is 12.8 Å². The monoisotopic (exact) mass is 368 g/mol. The molecule has 5 heteroatoms. The van der Waals surface area contributed by atoms with Crippen LogP contribution in [0.5, 0.6) is 0 Å². The molecule has 0 spiro atoms. The quantitative estimate of drug-likeness (QED) is 0.825. The summed E-state index contributed by atoms with van der Waals surface area (Å²) in [5, 5.41) is 3.30. The molecule has 4 nitrogen and oxygen atoms in total. The van der Waals surface area contributed by atoms with Crippen LogP contribution in [0.4, 0.5) is 5.82 Å². The highest BCUT2D eigenvalue weighted by Gasteiger charge is 2.10. The van der Waals surface area contributed by atoms with Crippen molar-refractivity contribution in [3.05, 3.63) is 45.2 Å². The third kappa shape index (κ3) is 3.62. The van der Waals surface area contributed by atoms with Crippen LogP contribution in [0, 0.1) is 3.57 Å². The first-order valence-corrected chi connectivity index (χ1v) is 7.50. The zero-order valence-corrected chi connectivity index (χ0v) is 13.3. The predicted octanol–water partition coefficient (Wildman–Crippen LogP) is 3.06. The Morgan fingerprint density at radius 1 is 1.26 bits per heavy atom. The lowest BCUT2D eigenvalue weighted by molar-refractivity contribution is 0.890. The Labute approximate surface area is 127 Å². The number of nitrogens with one attached hydrogen (secondary N) is 1. The minimum Gasteiger partial charge on any atom is -0.369 e. The van der Waals surface area contributed by atoms with Gasteiger partial charge in [0.2, 0.25) is 0 Å². The lowest BCUT2D eigenvalue weighted by Crippen LogP contribution is -2.09. The molecule has 2 rings (SSSR count). The second-order valence-corrected chi connectivity index (χ2v) is 5.25. The zero-order chi connectivity index (χ0) is 13.7. The van der Waals surface area contributed by atoms with Crippen molar-refractivity contribution in [2.45, 2.75) is 26.7 Å². The van der Waals surface area contributed by atoms with E-state index in [-0.39, 0.29) is 0 Å². The maximum atomic E-state index is 4.64. The largest absolute Gasteiger partial charge is 0.369 e. The highest BCUT2D eigenvalue weighted by molar-refractivity contribution is 14.1. The molecule has 0 aliphatic carbocycles. The average molecular weight is 368 g/mol. The van der Waals surface area contributed by atoms with Crippen LogP contribution in [0.2, 0.25) is 0 Å². The maximum Gasteiger partial charge on any atom is 0.143 e. The third-order valence-electron chi connectivity index (χ3n) is 2.73. The molecule has 1 N–H and O–H groups in total. The summed E-state index contributed by atoms with van der Waals surface area (Å²) >= 11 is 2.31.